The molecule has 0 bridgehead atoms. The first-order chi connectivity index (χ1) is 8.49. The van der Waals surface area contributed by atoms with Crippen molar-refractivity contribution in [3.05, 3.63) is 12.2 Å². The van der Waals surface area contributed by atoms with Crippen molar-refractivity contribution < 1.29 is 12.9 Å². The lowest BCUT2D eigenvalue weighted by atomic mass is 10.3. The second-order valence-corrected chi connectivity index (χ2v) is 6.23. The van der Waals surface area contributed by atoms with E-state index in [1.165, 1.54) is 6.39 Å². The summed E-state index contributed by atoms with van der Waals surface area (Å²) >= 11 is 0. The van der Waals surface area contributed by atoms with Gasteiger partial charge in [-0.2, -0.15) is 4.98 Å². The Kier molecular flexibility index (Phi) is 6.23. The van der Waals surface area contributed by atoms with Gasteiger partial charge in [0.25, 0.3) is 0 Å². The monoisotopic (exact) mass is 276 g/mol. The van der Waals surface area contributed by atoms with Crippen LogP contribution in [0.4, 0.5) is 0 Å². The Hall–Kier alpha value is -0.990. The van der Waals surface area contributed by atoms with Gasteiger partial charge in [0.05, 0.1) is 12.3 Å². The molecular weight excluding hydrogens is 256 g/mol. The second kappa shape index (κ2) is 7.45. The Morgan fingerprint density at radius 3 is 2.78 bits per heavy atom. The van der Waals surface area contributed by atoms with Gasteiger partial charge in [-0.25, -0.2) is 13.1 Å². The van der Waals surface area contributed by atoms with Gasteiger partial charge in [-0.15, -0.1) is 0 Å². The van der Waals surface area contributed by atoms with Gasteiger partial charge in [-0.1, -0.05) is 19.0 Å². The smallest absolute Gasteiger partial charge is 0.213 e. The lowest BCUT2D eigenvalue weighted by Crippen LogP contribution is -2.28. The Morgan fingerprint density at radius 1 is 1.39 bits per heavy atom. The molecule has 0 amide bonds. The first-order valence-electron chi connectivity index (χ1n) is 5.95. The van der Waals surface area contributed by atoms with Gasteiger partial charge in [-0.05, 0) is 19.4 Å². The predicted octanol–water partition coefficient (Wildman–Crippen LogP) is 0.267. The van der Waals surface area contributed by atoms with E-state index < -0.39 is 10.0 Å². The lowest BCUT2D eigenvalue weighted by molar-refractivity contribution is 0.409. The van der Waals surface area contributed by atoms with E-state index in [2.05, 4.69) is 38.6 Å². The molecule has 0 radical (unpaired) electrons. The third-order valence-corrected chi connectivity index (χ3v) is 3.66. The first-order valence-corrected chi connectivity index (χ1v) is 7.61. The van der Waals surface area contributed by atoms with Gasteiger partial charge in [0, 0.05) is 6.04 Å². The average molecular weight is 276 g/mol. The highest BCUT2D eigenvalue weighted by molar-refractivity contribution is 7.89. The standard InChI is InChI=1S/C10H20N4O3S/c1-9(2)11-5-3-4-6-18(15,16)13-7-10-12-8-17-14-10/h8-9,11,13H,3-7H2,1-2H3. The zero-order chi connectivity index (χ0) is 13.4. The van der Waals surface area contributed by atoms with E-state index >= 15 is 0 Å². The minimum absolute atomic E-state index is 0.0725. The SMILES string of the molecule is CC(C)NCCCCS(=O)(=O)NCc1ncon1. The van der Waals surface area contributed by atoms with E-state index in [-0.39, 0.29) is 12.3 Å². The number of hydrogen-bond acceptors (Lipinski definition) is 6. The van der Waals surface area contributed by atoms with Crippen molar-refractivity contribution in [1.29, 1.82) is 0 Å². The van der Waals surface area contributed by atoms with Crippen molar-refractivity contribution in [2.75, 3.05) is 12.3 Å². The van der Waals surface area contributed by atoms with Gasteiger partial charge in [0.2, 0.25) is 16.4 Å². The zero-order valence-electron chi connectivity index (χ0n) is 10.7. The van der Waals surface area contributed by atoms with E-state index in [1.807, 2.05) is 0 Å². The molecule has 0 atom stereocenters. The van der Waals surface area contributed by atoms with Crippen molar-refractivity contribution in [3.8, 4) is 0 Å². The minimum Gasteiger partial charge on any atom is -0.343 e. The average Bonchev–Trinajstić information content (AvgIpc) is 2.78. The van der Waals surface area contributed by atoms with Gasteiger partial charge >= 0.3 is 0 Å². The molecule has 1 rings (SSSR count). The van der Waals surface area contributed by atoms with Crippen LogP contribution in [0.2, 0.25) is 0 Å². The third kappa shape index (κ3) is 6.67. The maximum Gasteiger partial charge on any atom is 0.213 e. The molecule has 0 aliphatic rings. The molecule has 0 unspecified atom stereocenters. The fourth-order valence-electron chi connectivity index (χ4n) is 1.32. The highest BCUT2D eigenvalue weighted by Crippen LogP contribution is 1.96. The number of sulfonamides is 1. The van der Waals surface area contributed by atoms with Crippen LogP contribution in [-0.4, -0.2) is 36.9 Å². The summed E-state index contributed by atoms with van der Waals surface area (Å²) in [5, 5.41) is 6.76. The van der Waals surface area contributed by atoms with Crippen LogP contribution in [0.15, 0.2) is 10.9 Å². The maximum atomic E-state index is 11.6. The lowest BCUT2D eigenvalue weighted by Gasteiger charge is -2.08. The highest BCUT2D eigenvalue weighted by atomic mass is 32.2. The summed E-state index contributed by atoms with van der Waals surface area (Å²) in [7, 11) is -3.26. The maximum absolute atomic E-state index is 11.6. The van der Waals surface area contributed by atoms with E-state index in [4.69, 9.17) is 0 Å². The fraction of sp³-hybridized carbons (Fsp3) is 0.800. The summed E-state index contributed by atoms with van der Waals surface area (Å²) in [6, 6.07) is 0.429. The molecular formula is C10H20N4O3S. The largest absolute Gasteiger partial charge is 0.343 e. The molecule has 104 valence electrons. The summed E-state index contributed by atoms with van der Waals surface area (Å²) < 4.78 is 30.1. The molecule has 18 heavy (non-hydrogen) atoms. The van der Waals surface area contributed by atoms with Crippen LogP contribution in [0.3, 0.4) is 0 Å². The molecule has 0 aliphatic carbocycles. The third-order valence-electron chi connectivity index (χ3n) is 2.25. The quantitative estimate of drug-likeness (QED) is 0.628. The van der Waals surface area contributed by atoms with Crippen LogP contribution in [0.5, 0.6) is 0 Å². The Morgan fingerprint density at radius 2 is 2.17 bits per heavy atom. The Balaban J connectivity index is 2.15. The molecule has 0 aliphatic heterocycles. The zero-order valence-corrected chi connectivity index (χ0v) is 11.5. The molecule has 2 N–H and O–H groups in total. The van der Waals surface area contributed by atoms with Gasteiger partial charge < -0.3 is 9.84 Å². The summed E-state index contributed by atoms with van der Waals surface area (Å²) in [5.74, 6) is 0.449. The van der Waals surface area contributed by atoms with Crippen LogP contribution in [0, 0.1) is 0 Å². The molecule has 7 nitrogen and oxygen atoms in total. The Bertz CT molecular complexity index is 416. The number of nitrogens with zero attached hydrogens (tertiary/aromatic N) is 2. The van der Waals surface area contributed by atoms with Crippen molar-refractivity contribution in [1.82, 2.24) is 20.2 Å². The predicted molar refractivity (Wildman–Crippen MR) is 67.3 cm³/mol. The molecule has 0 saturated carbocycles. The van der Waals surface area contributed by atoms with Crippen LogP contribution in [0.1, 0.15) is 32.5 Å². The molecule has 0 aromatic carbocycles. The van der Waals surface area contributed by atoms with E-state index in [0.717, 1.165) is 13.0 Å². The van der Waals surface area contributed by atoms with Crippen LogP contribution < -0.4 is 10.0 Å². The summed E-state index contributed by atoms with van der Waals surface area (Å²) in [5.41, 5.74) is 0. The van der Waals surface area contributed by atoms with E-state index in [0.29, 0.717) is 18.3 Å². The molecule has 0 fully saturated rings. The number of hydrogen-bond donors (Lipinski definition) is 2. The first kappa shape index (κ1) is 15.1. The summed E-state index contributed by atoms with van der Waals surface area (Å²) in [6.45, 7) is 5.02. The van der Waals surface area contributed by atoms with Gasteiger partial charge in [-0.3, -0.25) is 0 Å². The second-order valence-electron chi connectivity index (χ2n) is 4.30. The fourth-order valence-corrected chi connectivity index (χ4v) is 2.40. The Labute approximate surface area is 107 Å². The topological polar surface area (TPSA) is 97.1 Å². The molecule has 0 saturated heterocycles. The molecule has 1 aromatic rings. The van der Waals surface area contributed by atoms with Crippen molar-refractivity contribution in [2.24, 2.45) is 0 Å². The number of nitrogens with one attached hydrogen (secondary N) is 2. The molecule has 1 heterocycles. The van der Waals surface area contributed by atoms with Crippen molar-refractivity contribution >= 4 is 10.0 Å². The minimum atomic E-state index is -3.26. The highest BCUT2D eigenvalue weighted by Gasteiger charge is 2.10. The number of rotatable bonds is 9. The van der Waals surface area contributed by atoms with Gasteiger partial charge in [0.15, 0.2) is 5.82 Å². The van der Waals surface area contributed by atoms with E-state index in [9.17, 15) is 8.42 Å². The van der Waals surface area contributed by atoms with Crippen LogP contribution >= 0.6 is 0 Å². The van der Waals surface area contributed by atoms with E-state index in [1.54, 1.807) is 0 Å². The van der Waals surface area contributed by atoms with Crippen molar-refractivity contribution in [3.63, 3.8) is 0 Å². The normalized spacial score (nSPS) is 12.2. The molecule has 1 aromatic heterocycles. The van der Waals surface area contributed by atoms with Crippen LogP contribution in [0.25, 0.3) is 0 Å². The van der Waals surface area contributed by atoms with Gasteiger partial charge in [0.1, 0.15) is 0 Å². The summed E-state index contributed by atoms with van der Waals surface area (Å²) in [4.78, 5) is 3.73. The van der Waals surface area contributed by atoms with Crippen LogP contribution in [-0.2, 0) is 16.6 Å². The molecule has 0 spiro atoms. The number of unbranched alkanes of at least 4 members (excludes halogenated alkanes) is 1. The van der Waals surface area contributed by atoms with Crippen molar-refractivity contribution in [2.45, 2.75) is 39.3 Å². The number of aromatic nitrogens is 2. The summed E-state index contributed by atoms with van der Waals surface area (Å²) in [6.07, 6.45) is 2.63. The molecule has 8 heteroatoms.